The lowest BCUT2D eigenvalue weighted by Gasteiger charge is -2.13. The van der Waals surface area contributed by atoms with Gasteiger partial charge in [-0.2, -0.15) is 0 Å². The standard InChI is InChI=1S/C19H17ClN2O3/c1-4-25-19(23)13-10-21-15-7-8-16(24-3)22-18(15)17(13)12-6-5-11(2)9-14(12)20/h5-10H,4H2,1-3H3. The number of esters is 1. The summed E-state index contributed by atoms with van der Waals surface area (Å²) < 4.78 is 10.4. The van der Waals surface area contributed by atoms with Gasteiger partial charge in [0.1, 0.15) is 5.52 Å². The number of ether oxygens (including phenoxy) is 2. The van der Waals surface area contributed by atoms with Crippen molar-refractivity contribution in [2.75, 3.05) is 13.7 Å². The molecule has 2 heterocycles. The van der Waals surface area contributed by atoms with Crippen LogP contribution in [-0.2, 0) is 4.74 Å². The van der Waals surface area contributed by atoms with Gasteiger partial charge in [-0.25, -0.2) is 9.78 Å². The van der Waals surface area contributed by atoms with Crippen molar-refractivity contribution >= 4 is 28.6 Å². The Hall–Kier alpha value is -2.66. The molecule has 0 saturated carbocycles. The number of rotatable bonds is 4. The zero-order valence-electron chi connectivity index (χ0n) is 14.2. The van der Waals surface area contributed by atoms with E-state index in [1.807, 2.05) is 25.1 Å². The smallest absolute Gasteiger partial charge is 0.340 e. The molecule has 0 radical (unpaired) electrons. The summed E-state index contributed by atoms with van der Waals surface area (Å²) in [5.41, 5.74) is 3.81. The van der Waals surface area contributed by atoms with Crippen molar-refractivity contribution in [3.8, 4) is 17.0 Å². The number of hydrogen-bond acceptors (Lipinski definition) is 5. The molecule has 0 amide bonds. The molecule has 0 atom stereocenters. The van der Waals surface area contributed by atoms with Gasteiger partial charge in [0.15, 0.2) is 0 Å². The average Bonchev–Trinajstić information content (AvgIpc) is 2.61. The first-order chi connectivity index (χ1) is 12.0. The fourth-order valence-corrected chi connectivity index (χ4v) is 2.95. The molecule has 0 aliphatic rings. The summed E-state index contributed by atoms with van der Waals surface area (Å²) in [6, 6.07) is 9.17. The second kappa shape index (κ2) is 7.07. The van der Waals surface area contributed by atoms with Crippen molar-refractivity contribution in [1.82, 2.24) is 9.97 Å². The van der Waals surface area contributed by atoms with Gasteiger partial charge in [-0.05, 0) is 31.5 Å². The molecule has 25 heavy (non-hydrogen) atoms. The number of carbonyl (C=O) groups excluding carboxylic acids is 1. The molecule has 3 aromatic rings. The molecule has 5 nitrogen and oxygen atoms in total. The third-order valence-electron chi connectivity index (χ3n) is 3.79. The van der Waals surface area contributed by atoms with Crippen molar-refractivity contribution in [3.63, 3.8) is 0 Å². The van der Waals surface area contributed by atoms with Crippen LogP contribution in [0.5, 0.6) is 5.88 Å². The highest BCUT2D eigenvalue weighted by molar-refractivity contribution is 6.34. The summed E-state index contributed by atoms with van der Waals surface area (Å²) in [4.78, 5) is 21.3. The number of carbonyl (C=O) groups is 1. The summed E-state index contributed by atoms with van der Waals surface area (Å²) in [5, 5.41) is 0.530. The van der Waals surface area contributed by atoms with Crippen molar-refractivity contribution in [2.45, 2.75) is 13.8 Å². The molecule has 0 saturated heterocycles. The Morgan fingerprint density at radius 1 is 1.24 bits per heavy atom. The number of aromatic nitrogens is 2. The third kappa shape index (κ3) is 3.28. The lowest BCUT2D eigenvalue weighted by Crippen LogP contribution is -2.08. The first kappa shape index (κ1) is 17.2. The molecule has 0 unspecified atom stereocenters. The second-order valence-corrected chi connectivity index (χ2v) is 5.88. The molecule has 0 bridgehead atoms. The van der Waals surface area contributed by atoms with Crippen LogP contribution in [0.1, 0.15) is 22.8 Å². The minimum atomic E-state index is -0.465. The predicted octanol–water partition coefficient (Wildman–Crippen LogP) is 4.44. The van der Waals surface area contributed by atoms with Gasteiger partial charge >= 0.3 is 5.97 Å². The number of fused-ring (bicyclic) bond motifs is 1. The van der Waals surface area contributed by atoms with Crippen LogP contribution in [0.15, 0.2) is 36.5 Å². The van der Waals surface area contributed by atoms with E-state index in [9.17, 15) is 4.79 Å². The topological polar surface area (TPSA) is 61.3 Å². The molecular weight excluding hydrogens is 340 g/mol. The summed E-state index contributed by atoms with van der Waals surface area (Å²) in [5.74, 6) is -0.0343. The van der Waals surface area contributed by atoms with Gasteiger partial charge < -0.3 is 9.47 Å². The lowest BCUT2D eigenvalue weighted by atomic mass is 9.98. The van der Waals surface area contributed by atoms with Crippen LogP contribution in [0.4, 0.5) is 0 Å². The van der Waals surface area contributed by atoms with Gasteiger partial charge in [0.25, 0.3) is 0 Å². The Kier molecular flexibility index (Phi) is 4.86. The Balaban J connectivity index is 2.37. The van der Waals surface area contributed by atoms with E-state index in [1.54, 1.807) is 19.1 Å². The molecule has 2 aromatic heterocycles. The van der Waals surface area contributed by atoms with Crippen molar-refractivity contribution < 1.29 is 14.3 Å². The van der Waals surface area contributed by atoms with Crippen LogP contribution in [0.2, 0.25) is 5.02 Å². The Labute approximate surface area is 150 Å². The van der Waals surface area contributed by atoms with E-state index in [-0.39, 0.29) is 6.61 Å². The fourth-order valence-electron chi connectivity index (χ4n) is 2.62. The highest BCUT2D eigenvalue weighted by Crippen LogP contribution is 2.36. The van der Waals surface area contributed by atoms with Gasteiger partial charge in [-0.1, -0.05) is 23.7 Å². The van der Waals surface area contributed by atoms with E-state index < -0.39 is 5.97 Å². The molecular formula is C19H17ClN2O3. The predicted molar refractivity (Wildman–Crippen MR) is 97.2 cm³/mol. The van der Waals surface area contributed by atoms with Crippen LogP contribution in [0.25, 0.3) is 22.2 Å². The van der Waals surface area contributed by atoms with Gasteiger partial charge in [0.05, 0.1) is 24.8 Å². The van der Waals surface area contributed by atoms with E-state index in [1.165, 1.54) is 13.3 Å². The van der Waals surface area contributed by atoms with Gasteiger partial charge in [-0.15, -0.1) is 0 Å². The maximum absolute atomic E-state index is 12.5. The maximum Gasteiger partial charge on any atom is 0.340 e. The van der Waals surface area contributed by atoms with Crippen molar-refractivity contribution in [1.29, 1.82) is 0 Å². The number of halogens is 1. The first-order valence-corrected chi connectivity index (χ1v) is 8.20. The van der Waals surface area contributed by atoms with E-state index in [0.717, 1.165) is 5.56 Å². The molecule has 0 fully saturated rings. The van der Waals surface area contributed by atoms with E-state index in [4.69, 9.17) is 21.1 Å². The highest BCUT2D eigenvalue weighted by atomic mass is 35.5. The molecule has 128 valence electrons. The quantitative estimate of drug-likeness (QED) is 0.646. The monoisotopic (exact) mass is 356 g/mol. The fraction of sp³-hybridized carbons (Fsp3) is 0.211. The Bertz CT molecular complexity index is 957. The third-order valence-corrected chi connectivity index (χ3v) is 4.10. The normalized spacial score (nSPS) is 10.7. The minimum absolute atomic E-state index is 0.267. The SMILES string of the molecule is CCOC(=O)c1cnc2ccc(OC)nc2c1-c1ccc(C)cc1Cl. The molecule has 0 N–H and O–H groups in total. The molecule has 0 aliphatic heterocycles. The number of methoxy groups -OCH3 is 1. The van der Waals surface area contributed by atoms with Gasteiger partial charge in [0.2, 0.25) is 5.88 Å². The number of aryl methyl sites for hydroxylation is 1. The Morgan fingerprint density at radius 3 is 2.72 bits per heavy atom. The molecule has 3 rings (SSSR count). The second-order valence-electron chi connectivity index (χ2n) is 5.47. The molecule has 0 spiro atoms. The first-order valence-electron chi connectivity index (χ1n) is 7.82. The zero-order chi connectivity index (χ0) is 18.0. The van der Waals surface area contributed by atoms with Crippen molar-refractivity contribution in [3.05, 3.63) is 52.7 Å². The van der Waals surface area contributed by atoms with Crippen LogP contribution in [-0.4, -0.2) is 29.7 Å². The van der Waals surface area contributed by atoms with Crippen molar-refractivity contribution in [2.24, 2.45) is 0 Å². The van der Waals surface area contributed by atoms with Crippen LogP contribution >= 0.6 is 11.6 Å². The summed E-state index contributed by atoms with van der Waals surface area (Å²) in [7, 11) is 1.54. The highest BCUT2D eigenvalue weighted by Gasteiger charge is 2.21. The van der Waals surface area contributed by atoms with Crippen LogP contribution in [0, 0.1) is 6.92 Å². The number of pyridine rings is 2. The van der Waals surface area contributed by atoms with Gasteiger partial charge in [-0.3, -0.25) is 4.98 Å². The van der Waals surface area contributed by atoms with E-state index in [0.29, 0.717) is 38.6 Å². The average molecular weight is 357 g/mol. The van der Waals surface area contributed by atoms with E-state index in [2.05, 4.69) is 9.97 Å². The molecule has 0 aliphatic carbocycles. The number of hydrogen-bond donors (Lipinski definition) is 0. The minimum Gasteiger partial charge on any atom is -0.481 e. The number of nitrogens with zero attached hydrogens (tertiary/aromatic N) is 2. The lowest BCUT2D eigenvalue weighted by molar-refractivity contribution is 0.0527. The molecule has 1 aromatic carbocycles. The largest absolute Gasteiger partial charge is 0.481 e. The van der Waals surface area contributed by atoms with Crippen LogP contribution in [0.3, 0.4) is 0 Å². The molecule has 6 heteroatoms. The van der Waals surface area contributed by atoms with Gasteiger partial charge in [0, 0.05) is 28.4 Å². The summed E-state index contributed by atoms with van der Waals surface area (Å²) >= 11 is 6.46. The van der Waals surface area contributed by atoms with E-state index >= 15 is 0 Å². The number of benzene rings is 1. The summed E-state index contributed by atoms with van der Waals surface area (Å²) in [6.07, 6.45) is 1.50. The Morgan fingerprint density at radius 2 is 2.04 bits per heavy atom. The van der Waals surface area contributed by atoms with Crippen LogP contribution < -0.4 is 4.74 Å². The zero-order valence-corrected chi connectivity index (χ0v) is 14.9. The summed E-state index contributed by atoms with van der Waals surface area (Å²) in [6.45, 7) is 3.98. The maximum atomic E-state index is 12.5.